The Bertz CT molecular complexity index is 1290. The predicted octanol–water partition coefficient (Wildman–Crippen LogP) is 5.19. The number of nitrogens with one attached hydrogen (secondary N) is 2. The third-order valence-corrected chi connectivity index (χ3v) is 7.00. The first-order valence-corrected chi connectivity index (χ1v) is 11.0. The van der Waals surface area contributed by atoms with Crippen LogP contribution >= 0.6 is 34.4 Å². The van der Waals surface area contributed by atoms with Crippen LogP contribution in [0.1, 0.15) is 10.7 Å². The zero-order chi connectivity index (χ0) is 18.4. The minimum absolute atomic E-state index is 0.0810. The Hall–Kier alpha value is -2.42. The average molecular weight is 411 g/mol. The maximum Gasteiger partial charge on any atom is 0.260 e. The highest BCUT2D eigenvalue weighted by molar-refractivity contribution is 7.98. The molecule has 0 aliphatic rings. The van der Waals surface area contributed by atoms with E-state index < -0.39 is 0 Å². The number of benzene rings is 1. The molecular formula is C19H14N4OS3. The lowest BCUT2D eigenvalue weighted by atomic mass is 10.2. The Morgan fingerprint density at radius 2 is 2.00 bits per heavy atom. The molecule has 4 heterocycles. The standard InChI is InChI=1S/C19H14N4OS3/c1-10-6-7-14(27-10)11-8-25-18-16(11)17(24)22-15(23-18)9-26-19-20-12-4-2-3-5-13(12)21-19/h2-8H,9H2,1H3,(H,20,21)(H,22,23,24). The molecule has 0 spiro atoms. The summed E-state index contributed by atoms with van der Waals surface area (Å²) in [4.78, 5) is 31.2. The van der Waals surface area contributed by atoms with Crippen molar-refractivity contribution in [1.82, 2.24) is 19.9 Å². The molecule has 5 nitrogen and oxygen atoms in total. The van der Waals surface area contributed by atoms with E-state index in [0.717, 1.165) is 31.5 Å². The van der Waals surface area contributed by atoms with Crippen molar-refractivity contribution in [3.63, 3.8) is 0 Å². The number of aryl methyl sites for hydroxylation is 1. The van der Waals surface area contributed by atoms with Gasteiger partial charge in [-0.15, -0.1) is 22.7 Å². The second-order valence-electron chi connectivity index (χ2n) is 6.10. The van der Waals surface area contributed by atoms with E-state index in [9.17, 15) is 4.79 Å². The third kappa shape index (κ3) is 3.09. The molecule has 0 aliphatic heterocycles. The summed E-state index contributed by atoms with van der Waals surface area (Å²) in [5.41, 5.74) is 2.83. The molecule has 4 aromatic heterocycles. The molecule has 8 heteroatoms. The summed E-state index contributed by atoms with van der Waals surface area (Å²) in [6.07, 6.45) is 0. The van der Waals surface area contributed by atoms with Gasteiger partial charge >= 0.3 is 0 Å². The Labute approximate surface area is 166 Å². The molecule has 0 unspecified atom stereocenters. The van der Waals surface area contributed by atoms with E-state index in [1.165, 1.54) is 28.0 Å². The van der Waals surface area contributed by atoms with Gasteiger partial charge in [0.05, 0.1) is 22.2 Å². The first-order valence-electron chi connectivity index (χ1n) is 8.32. The Kier molecular flexibility index (Phi) is 4.11. The maximum atomic E-state index is 12.7. The minimum atomic E-state index is -0.0810. The first-order chi connectivity index (χ1) is 13.2. The van der Waals surface area contributed by atoms with Crippen molar-refractivity contribution < 1.29 is 0 Å². The van der Waals surface area contributed by atoms with Gasteiger partial charge in [-0.05, 0) is 31.2 Å². The number of aromatic nitrogens is 4. The number of H-pyrrole nitrogens is 2. The van der Waals surface area contributed by atoms with Crippen molar-refractivity contribution in [2.75, 3.05) is 0 Å². The van der Waals surface area contributed by atoms with E-state index in [-0.39, 0.29) is 5.56 Å². The molecule has 0 amide bonds. The molecule has 0 bridgehead atoms. The van der Waals surface area contributed by atoms with Crippen LogP contribution in [0.25, 0.3) is 31.7 Å². The number of nitrogens with zero attached hydrogens (tertiary/aromatic N) is 2. The quantitative estimate of drug-likeness (QED) is 0.400. The van der Waals surface area contributed by atoms with E-state index in [4.69, 9.17) is 0 Å². The normalized spacial score (nSPS) is 11.6. The number of thiophene rings is 2. The maximum absolute atomic E-state index is 12.7. The molecule has 2 N–H and O–H groups in total. The summed E-state index contributed by atoms with van der Waals surface area (Å²) >= 11 is 4.74. The van der Waals surface area contributed by atoms with Gasteiger partial charge in [0.2, 0.25) is 0 Å². The van der Waals surface area contributed by atoms with Crippen LogP contribution in [-0.4, -0.2) is 19.9 Å². The monoisotopic (exact) mass is 410 g/mol. The zero-order valence-electron chi connectivity index (χ0n) is 14.3. The number of hydrogen-bond donors (Lipinski definition) is 2. The van der Waals surface area contributed by atoms with Gasteiger partial charge in [-0.1, -0.05) is 23.9 Å². The van der Waals surface area contributed by atoms with Gasteiger partial charge in [0, 0.05) is 20.7 Å². The van der Waals surface area contributed by atoms with E-state index in [0.29, 0.717) is 17.0 Å². The van der Waals surface area contributed by atoms with Crippen molar-refractivity contribution in [3.8, 4) is 10.4 Å². The van der Waals surface area contributed by atoms with Crippen LogP contribution in [-0.2, 0) is 5.75 Å². The lowest BCUT2D eigenvalue weighted by molar-refractivity contribution is 1.03. The van der Waals surface area contributed by atoms with Crippen LogP contribution in [0.5, 0.6) is 0 Å². The van der Waals surface area contributed by atoms with Gasteiger partial charge in [-0.25, -0.2) is 9.97 Å². The van der Waals surface area contributed by atoms with Gasteiger partial charge in [0.15, 0.2) is 5.16 Å². The molecule has 1 aromatic carbocycles. The van der Waals surface area contributed by atoms with Crippen LogP contribution in [0.4, 0.5) is 0 Å². The topological polar surface area (TPSA) is 74.4 Å². The Morgan fingerprint density at radius 1 is 1.11 bits per heavy atom. The molecule has 134 valence electrons. The fraction of sp³-hybridized carbons (Fsp3) is 0.105. The fourth-order valence-corrected chi connectivity index (χ4v) is 5.63. The van der Waals surface area contributed by atoms with Crippen molar-refractivity contribution in [1.29, 1.82) is 0 Å². The molecule has 27 heavy (non-hydrogen) atoms. The number of para-hydroxylation sites is 2. The summed E-state index contributed by atoms with van der Waals surface area (Å²) in [6.45, 7) is 2.07. The second-order valence-corrected chi connectivity index (χ2v) is 9.21. The smallest absolute Gasteiger partial charge is 0.260 e. The van der Waals surface area contributed by atoms with Crippen LogP contribution in [0, 0.1) is 6.92 Å². The second kappa shape index (κ2) is 6.63. The molecule has 5 aromatic rings. The van der Waals surface area contributed by atoms with Crippen molar-refractivity contribution in [2.24, 2.45) is 0 Å². The zero-order valence-corrected chi connectivity index (χ0v) is 16.7. The van der Waals surface area contributed by atoms with Crippen LogP contribution in [0.3, 0.4) is 0 Å². The van der Waals surface area contributed by atoms with E-state index in [1.54, 1.807) is 11.3 Å². The van der Waals surface area contributed by atoms with Gasteiger partial charge in [0.1, 0.15) is 10.7 Å². The molecule has 0 saturated heterocycles. The van der Waals surface area contributed by atoms with Gasteiger partial charge in [-0.2, -0.15) is 0 Å². The van der Waals surface area contributed by atoms with E-state index in [2.05, 4.69) is 39.0 Å². The number of hydrogen-bond acceptors (Lipinski definition) is 6. The number of rotatable bonds is 4. The summed E-state index contributed by atoms with van der Waals surface area (Å²) in [7, 11) is 0. The lowest BCUT2D eigenvalue weighted by Gasteiger charge is -2.00. The molecule has 5 rings (SSSR count). The molecule has 0 aliphatic carbocycles. The fourth-order valence-electron chi connectivity index (χ4n) is 2.96. The first kappa shape index (κ1) is 16.7. The van der Waals surface area contributed by atoms with Crippen molar-refractivity contribution in [3.05, 3.63) is 62.8 Å². The van der Waals surface area contributed by atoms with Gasteiger partial charge < -0.3 is 9.97 Å². The number of imidazole rings is 1. The summed E-state index contributed by atoms with van der Waals surface area (Å²) in [6, 6.07) is 12.1. The van der Waals surface area contributed by atoms with E-state index >= 15 is 0 Å². The summed E-state index contributed by atoms with van der Waals surface area (Å²) in [5.74, 6) is 1.21. The number of thioether (sulfide) groups is 1. The predicted molar refractivity (Wildman–Crippen MR) is 114 cm³/mol. The highest BCUT2D eigenvalue weighted by atomic mass is 32.2. The highest BCUT2D eigenvalue weighted by Gasteiger charge is 2.14. The average Bonchev–Trinajstić information content (AvgIpc) is 3.37. The SMILES string of the molecule is Cc1ccc(-c2csc3nc(CSc4nc5ccccc5[nH]4)[nH]c(=O)c23)s1. The largest absolute Gasteiger partial charge is 0.333 e. The van der Waals surface area contributed by atoms with Crippen molar-refractivity contribution >= 4 is 55.7 Å². The molecular weight excluding hydrogens is 396 g/mol. The Balaban J connectivity index is 1.45. The minimum Gasteiger partial charge on any atom is -0.333 e. The Morgan fingerprint density at radius 3 is 2.81 bits per heavy atom. The van der Waals surface area contributed by atoms with Crippen molar-refractivity contribution in [2.45, 2.75) is 17.8 Å². The van der Waals surface area contributed by atoms with Gasteiger partial charge in [-0.3, -0.25) is 4.79 Å². The van der Waals surface area contributed by atoms with Crippen LogP contribution < -0.4 is 5.56 Å². The van der Waals surface area contributed by atoms with E-state index in [1.807, 2.05) is 29.6 Å². The molecule has 0 saturated carbocycles. The molecule has 0 fully saturated rings. The van der Waals surface area contributed by atoms with Gasteiger partial charge in [0.25, 0.3) is 5.56 Å². The molecule has 0 atom stereocenters. The third-order valence-electron chi connectivity index (χ3n) is 4.21. The van der Waals surface area contributed by atoms with Crippen LogP contribution in [0.2, 0.25) is 0 Å². The summed E-state index contributed by atoms with van der Waals surface area (Å²) < 4.78 is 0. The summed E-state index contributed by atoms with van der Waals surface area (Å²) in [5, 5.41) is 3.52. The number of aromatic amines is 2. The number of fused-ring (bicyclic) bond motifs is 2. The molecule has 0 radical (unpaired) electrons. The highest BCUT2D eigenvalue weighted by Crippen LogP contribution is 2.35. The lowest BCUT2D eigenvalue weighted by Crippen LogP contribution is -2.10. The van der Waals surface area contributed by atoms with Crippen LogP contribution in [0.15, 0.2) is 51.7 Å².